The van der Waals surface area contributed by atoms with Crippen molar-refractivity contribution in [2.45, 2.75) is 57.7 Å². The molecule has 0 bridgehead atoms. The molecule has 3 aromatic carbocycles. The van der Waals surface area contributed by atoms with Crippen molar-refractivity contribution in [1.82, 2.24) is 10.2 Å². The largest absolute Gasteiger partial charge is 0.352 e. The molecule has 1 N–H and O–H groups in total. The minimum Gasteiger partial charge on any atom is -0.352 e. The van der Waals surface area contributed by atoms with Gasteiger partial charge in [-0.05, 0) is 55.2 Å². The molecule has 7 nitrogen and oxygen atoms in total. The minimum atomic E-state index is -3.82. The number of hydrogen-bond donors (Lipinski definition) is 1. The van der Waals surface area contributed by atoms with Crippen molar-refractivity contribution in [1.29, 1.82) is 0 Å². The first-order chi connectivity index (χ1) is 19.5. The van der Waals surface area contributed by atoms with E-state index in [0.717, 1.165) is 47.4 Å². The standard InChI is InChI=1S/C31H35Cl2N3O4S/c1-22-12-15-26(16-13-22)36(41(2,39)40)21-30(37)35(20-24-14-17-27(32)28(33)18-24)29(19-23-8-4-3-5-9-23)31(38)34-25-10-6-7-11-25/h3-5,8-9,12-18,25,29H,6-7,10-11,19-21H2,1-2H3,(H,34,38)/t29-/m0/s1. The lowest BCUT2D eigenvalue weighted by Gasteiger charge is -2.34. The average Bonchev–Trinajstić information content (AvgIpc) is 3.44. The topological polar surface area (TPSA) is 86.8 Å². The number of anilines is 1. The highest BCUT2D eigenvalue weighted by molar-refractivity contribution is 7.92. The van der Waals surface area contributed by atoms with Gasteiger partial charge in [-0.3, -0.25) is 13.9 Å². The molecule has 1 saturated carbocycles. The van der Waals surface area contributed by atoms with Crippen molar-refractivity contribution in [2.24, 2.45) is 0 Å². The molecule has 0 aromatic heterocycles. The Hall–Kier alpha value is -3.07. The number of nitrogens with one attached hydrogen (secondary N) is 1. The number of benzene rings is 3. The number of sulfonamides is 1. The van der Waals surface area contributed by atoms with E-state index in [-0.39, 0.29) is 24.9 Å². The van der Waals surface area contributed by atoms with Crippen LogP contribution in [0.1, 0.15) is 42.4 Å². The maximum Gasteiger partial charge on any atom is 0.244 e. The first-order valence-corrected chi connectivity index (χ1v) is 16.2. The van der Waals surface area contributed by atoms with Crippen molar-refractivity contribution in [3.63, 3.8) is 0 Å². The summed E-state index contributed by atoms with van der Waals surface area (Å²) in [5.74, 6) is -0.778. The molecule has 1 fully saturated rings. The van der Waals surface area contributed by atoms with Crippen LogP contribution in [0.5, 0.6) is 0 Å². The fraction of sp³-hybridized carbons (Fsp3) is 0.355. The van der Waals surface area contributed by atoms with Crippen LogP contribution in [0, 0.1) is 6.92 Å². The highest BCUT2D eigenvalue weighted by Gasteiger charge is 2.34. The molecule has 1 aliphatic rings. The van der Waals surface area contributed by atoms with Crippen LogP contribution in [0.2, 0.25) is 10.0 Å². The number of carbonyl (C=O) groups excluding carboxylic acids is 2. The van der Waals surface area contributed by atoms with E-state index in [0.29, 0.717) is 21.3 Å². The summed E-state index contributed by atoms with van der Waals surface area (Å²) in [6.45, 7) is 1.47. The Bertz CT molecular complexity index is 1460. The van der Waals surface area contributed by atoms with Crippen LogP contribution in [0.15, 0.2) is 72.8 Å². The molecule has 3 aromatic rings. The van der Waals surface area contributed by atoms with Gasteiger partial charge in [0.2, 0.25) is 21.8 Å². The lowest BCUT2D eigenvalue weighted by Crippen LogP contribution is -2.54. The van der Waals surface area contributed by atoms with Gasteiger partial charge in [0.1, 0.15) is 12.6 Å². The summed E-state index contributed by atoms with van der Waals surface area (Å²) in [5.41, 5.74) is 2.88. The third kappa shape index (κ3) is 8.47. The third-order valence-corrected chi connectivity index (χ3v) is 9.19. The first kappa shape index (κ1) is 30.9. The number of hydrogen-bond acceptors (Lipinski definition) is 4. The van der Waals surface area contributed by atoms with E-state index >= 15 is 0 Å². The van der Waals surface area contributed by atoms with Gasteiger partial charge in [0.15, 0.2) is 0 Å². The van der Waals surface area contributed by atoms with Gasteiger partial charge in [-0.2, -0.15) is 0 Å². The van der Waals surface area contributed by atoms with Crippen molar-refractivity contribution < 1.29 is 18.0 Å². The molecule has 4 rings (SSSR count). The van der Waals surface area contributed by atoms with Crippen LogP contribution in [-0.4, -0.2) is 50.0 Å². The molecule has 41 heavy (non-hydrogen) atoms. The molecule has 218 valence electrons. The first-order valence-electron chi connectivity index (χ1n) is 13.6. The average molecular weight is 617 g/mol. The third-order valence-electron chi connectivity index (χ3n) is 7.31. The Morgan fingerprint density at radius 1 is 0.927 bits per heavy atom. The van der Waals surface area contributed by atoms with Crippen molar-refractivity contribution in [3.8, 4) is 0 Å². The van der Waals surface area contributed by atoms with Gasteiger partial charge in [-0.25, -0.2) is 8.42 Å². The van der Waals surface area contributed by atoms with Crippen molar-refractivity contribution in [3.05, 3.63) is 99.5 Å². The molecular formula is C31H35Cl2N3O4S. The lowest BCUT2D eigenvalue weighted by molar-refractivity contribution is -0.140. The van der Waals surface area contributed by atoms with Crippen LogP contribution < -0.4 is 9.62 Å². The van der Waals surface area contributed by atoms with E-state index in [2.05, 4.69) is 5.32 Å². The lowest BCUT2D eigenvalue weighted by atomic mass is 10.0. The highest BCUT2D eigenvalue weighted by Crippen LogP contribution is 2.26. The normalized spacial score (nSPS) is 14.4. The summed E-state index contributed by atoms with van der Waals surface area (Å²) >= 11 is 12.4. The van der Waals surface area contributed by atoms with Crippen LogP contribution >= 0.6 is 23.2 Å². The van der Waals surface area contributed by atoms with E-state index < -0.39 is 28.5 Å². The molecule has 0 spiro atoms. The number of carbonyl (C=O) groups is 2. The van der Waals surface area contributed by atoms with Crippen molar-refractivity contribution >= 4 is 50.7 Å². The van der Waals surface area contributed by atoms with Gasteiger partial charge in [0.25, 0.3) is 0 Å². The van der Waals surface area contributed by atoms with Crippen LogP contribution in [0.25, 0.3) is 0 Å². The number of rotatable bonds is 11. The van der Waals surface area contributed by atoms with Gasteiger partial charge in [0.05, 0.1) is 22.0 Å². The Kier molecular flexibility index (Phi) is 10.3. The number of aryl methyl sites for hydroxylation is 1. The number of nitrogens with zero attached hydrogens (tertiary/aromatic N) is 2. The minimum absolute atomic E-state index is 0.0385. The fourth-order valence-electron chi connectivity index (χ4n) is 5.08. The van der Waals surface area contributed by atoms with Gasteiger partial charge in [-0.1, -0.05) is 90.1 Å². The van der Waals surface area contributed by atoms with Crippen LogP contribution in [0.4, 0.5) is 5.69 Å². The second kappa shape index (κ2) is 13.7. The van der Waals surface area contributed by atoms with Gasteiger partial charge < -0.3 is 10.2 Å². The summed E-state index contributed by atoms with van der Waals surface area (Å²) in [6, 6.07) is 20.6. The second-order valence-corrected chi connectivity index (χ2v) is 13.3. The molecule has 2 amide bonds. The van der Waals surface area contributed by atoms with E-state index in [1.165, 1.54) is 4.90 Å². The van der Waals surface area contributed by atoms with Crippen molar-refractivity contribution in [2.75, 3.05) is 17.1 Å². The van der Waals surface area contributed by atoms with E-state index in [9.17, 15) is 18.0 Å². The summed E-state index contributed by atoms with van der Waals surface area (Å²) in [5, 5.41) is 3.84. The summed E-state index contributed by atoms with van der Waals surface area (Å²) in [4.78, 5) is 29.5. The predicted octanol–water partition coefficient (Wildman–Crippen LogP) is 5.77. The van der Waals surface area contributed by atoms with Crippen LogP contribution in [0.3, 0.4) is 0 Å². The van der Waals surface area contributed by atoms with Gasteiger partial charge in [-0.15, -0.1) is 0 Å². The zero-order valence-corrected chi connectivity index (χ0v) is 25.6. The van der Waals surface area contributed by atoms with Gasteiger partial charge >= 0.3 is 0 Å². The molecule has 0 heterocycles. The molecule has 10 heteroatoms. The van der Waals surface area contributed by atoms with Crippen LogP contribution in [-0.2, 0) is 32.6 Å². The quantitative estimate of drug-likeness (QED) is 0.297. The Labute approximate surface area is 252 Å². The van der Waals surface area contributed by atoms with E-state index in [4.69, 9.17) is 23.2 Å². The molecule has 1 atom stereocenters. The number of amides is 2. The highest BCUT2D eigenvalue weighted by atomic mass is 35.5. The maximum atomic E-state index is 14.2. The summed E-state index contributed by atoms with van der Waals surface area (Å²) in [7, 11) is -3.82. The number of halogens is 2. The molecule has 0 saturated heterocycles. The molecule has 1 aliphatic carbocycles. The Morgan fingerprint density at radius 3 is 2.20 bits per heavy atom. The molecule has 0 radical (unpaired) electrons. The SMILES string of the molecule is Cc1ccc(N(CC(=O)N(Cc2ccc(Cl)c(Cl)c2)[C@@H](Cc2ccccc2)C(=O)NC2CCCC2)S(C)(=O)=O)cc1. The Balaban J connectivity index is 1.73. The smallest absolute Gasteiger partial charge is 0.244 e. The zero-order chi connectivity index (χ0) is 29.6. The maximum absolute atomic E-state index is 14.2. The van der Waals surface area contributed by atoms with E-state index in [1.54, 1.807) is 42.5 Å². The van der Waals surface area contributed by atoms with E-state index in [1.807, 2.05) is 37.3 Å². The molecular weight excluding hydrogens is 581 g/mol. The summed E-state index contributed by atoms with van der Waals surface area (Å²) in [6.07, 6.45) is 5.19. The molecule has 0 aliphatic heterocycles. The second-order valence-electron chi connectivity index (χ2n) is 10.6. The monoisotopic (exact) mass is 615 g/mol. The molecule has 0 unspecified atom stereocenters. The fourth-order valence-corrected chi connectivity index (χ4v) is 6.25. The predicted molar refractivity (Wildman–Crippen MR) is 165 cm³/mol. The zero-order valence-electron chi connectivity index (χ0n) is 23.2. The Morgan fingerprint density at radius 2 is 1.59 bits per heavy atom. The van der Waals surface area contributed by atoms with Gasteiger partial charge in [0, 0.05) is 19.0 Å². The summed E-state index contributed by atoms with van der Waals surface area (Å²) < 4.78 is 26.8.